The van der Waals surface area contributed by atoms with Crippen molar-refractivity contribution in [3.05, 3.63) is 65.4 Å². The molecular formula is C17H18N2O3S. The van der Waals surface area contributed by atoms with Crippen LogP contribution >= 0.6 is 11.3 Å². The second kappa shape index (κ2) is 7.92. The van der Waals surface area contributed by atoms with E-state index in [4.69, 9.17) is 9.47 Å². The number of nitrogens with zero attached hydrogens (tertiary/aromatic N) is 2. The molecule has 0 aliphatic heterocycles. The lowest BCUT2D eigenvalue weighted by atomic mass is 10.3. The van der Waals surface area contributed by atoms with Crippen molar-refractivity contribution in [2.45, 2.75) is 12.7 Å². The Morgan fingerprint density at radius 3 is 2.74 bits per heavy atom. The molecule has 6 heteroatoms. The second-order valence-corrected chi connectivity index (χ2v) is 6.06. The summed E-state index contributed by atoms with van der Waals surface area (Å²) in [5, 5.41) is 11.9. The van der Waals surface area contributed by atoms with Gasteiger partial charge in [0.15, 0.2) is 0 Å². The van der Waals surface area contributed by atoms with E-state index < -0.39 is 6.10 Å². The molecule has 0 fully saturated rings. The highest BCUT2D eigenvalue weighted by Gasteiger charge is 2.06. The Labute approximate surface area is 138 Å². The lowest BCUT2D eigenvalue weighted by Gasteiger charge is -2.13. The Bertz CT molecular complexity index is 681. The van der Waals surface area contributed by atoms with Crippen molar-refractivity contribution in [2.24, 2.45) is 0 Å². The SMILES string of the molecule is OC(COCc1cccs1)COc1ccc(-n2ccnc2)cc1. The number of thiophene rings is 1. The Balaban J connectivity index is 1.41. The third kappa shape index (κ3) is 4.66. The topological polar surface area (TPSA) is 56.5 Å². The van der Waals surface area contributed by atoms with E-state index in [1.54, 1.807) is 23.9 Å². The van der Waals surface area contributed by atoms with Crippen molar-refractivity contribution in [1.82, 2.24) is 9.55 Å². The minimum atomic E-state index is -0.650. The molecule has 1 N–H and O–H groups in total. The van der Waals surface area contributed by atoms with Crippen molar-refractivity contribution in [2.75, 3.05) is 13.2 Å². The molecule has 3 aromatic rings. The van der Waals surface area contributed by atoms with Gasteiger partial charge in [0, 0.05) is 23.0 Å². The van der Waals surface area contributed by atoms with Gasteiger partial charge in [0.2, 0.25) is 0 Å². The summed E-state index contributed by atoms with van der Waals surface area (Å²) in [7, 11) is 0. The van der Waals surface area contributed by atoms with E-state index in [2.05, 4.69) is 4.98 Å². The number of hydrogen-bond acceptors (Lipinski definition) is 5. The number of ether oxygens (including phenoxy) is 2. The maximum absolute atomic E-state index is 9.88. The van der Waals surface area contributed by atoms with Gasteiger partial charge in [-0.05, 0) is 35.7 Å². The highest BCUT2D eigenvalue weighted by Crippen LogP contribution is 2.15. The quantitative estimate of drug-likeness (QED) is 0.690. The molecular weight excluding hydrogens is 312 g/mol. The van der Waals surface area contributed by atoms with Crippen LogP contribution < -0.4 is 4.74 Å². The number of aromatic nitrogens is 2. The van der Waals surface area contributed by atoms with Gasteiger partial charge in [-0.3, -0.25) is 0 Å². The summed E-state index contributed by atoms with van der Waals surface area (Å²) in [6, 6.07) is 11.6. The van der Waals surface area contributed by atoms with Crippen molar-refractivity contribution >= 4 is 11.3 Å². The summed E-state index contributed by atoms with van der Waals surface area (Å²) in [6.07, 6.45) is 4.70. The first kappa shape index (κ1) is 15.7. The van der Waals surface area contributed by atoms with Crippen LogP contribution in [0.4, 0.5) is 0 Å². The van der Waals surface area contributed by atoms with Crippen LogP contribution in [0, 0.1) is 0 Å². The molecule has 1 unspecified atom stereocenters. The molecule has 23 heavy (non-hydrogen) atoms. The zero-order valence-corrected chi connectivity index (χ0v) is 13.4. The molecule has 0 aliphatic rings. The number of rotatable bonds is 8. The first-order valence-electron chi connectivity index (χ1n) is 7.30. The average Bonchev–Trinajstić information content (AvgIpc) is 3.27. The summed E-state index contributed by atoms with van der Waals surface area (Å²) in [5.41, 5.74) is 1.01. The van der Waals surface area contributed by atoms with Gasteiger partial charge < -0.3 is 19.1 Å². The van der Waals surface area contributed by atoms with Crippen LogP contribution in [0.2, 0.25) is 0 Å². The molecule has 0 amide bonds. The van der Waals surface area contributed by atoms with Gasteiger partial charge in [-0.25, -0.2) is 4.98 Å². The van der Waals surface area contributed by atoms with Crippen molar-refractivity contribution in [1.29, 1.82) is 0 Å². The van der Waals surface area contributed by atoms with Gasteiger partial charge in [0.1, 0.15) is 18.5 Å². The molecule has 1 aromatic carbocycles. The lowest BCUT2D eigenvalue weighted by Crippen LogP contribution is -2.23. The molecule has 0 saturated heterocycles. The molecule has 0 spiro atoms. The number of hydrogen-bond donors (Lipinski definition) is 1. The molecule has 0 saturated carbocycles. The monoisotopic (exact) mass is 330 g/mol. The zero-order chi connectivity index (χ0) is 15.9. The normalized spacial score (nSPS) is 12.2. The van der Waals surface area contributed by atoms with E-state index in [1.807, 2.05) is 52.5 Å². The van der Waals surface area contributed by atoms with Crippen LogP contribution in [0.1, 0.15) is 4.88 Å². The van der Waals surface area contributed by atoms with E-state index in [0.29, 0.717) is 12.4 Å². The van der Waals surface area contributed by atoms with Crippen LogP contribution in [0.25, 0.3) is 5.69 Å². The molecule has 3 rings (SSSR count). The number of aliphatic hydroxyl groups is 1. The standard InChI is InChI=1S/C17H18N2O3S/c20-15(10-21-12-17-2-1-9-23-17)11-22-16-5-3-14(4-6-16)19-8-7-18-13-19/h1-9,13,15,20H,10-12H2. The highest BCUT2D eigenvalue weighted by molar-refractivity contribution is 7.09. The van der Waals surface area contributed by atoms with Gasteiger partial charge >= 0.3 is 0 Å². The fourth-order valence-corrected chi connectivity index (χ4v) is 2.70. The third-order valence-corrected chi connectivity index (χ3v) is 4.07. The molecule has 2 aromatic heterocycles. The van der Waals surface area contributed by atoms with Gasteiger partial charge in [0.05, 0.1) is 19.5 Å². The summed E-state index contributed by atoms with van der Waals surface area (Å²) in [5.74, 6) is 0.714. The summed E-state index contributed by atoms with van der Waals surface area (Å²) in [6.45, 7) is 0.980. The smallest absolute Gasteiger partial charge is 0.119 e. The third-order valence-electron chi connectivity index (χ3n) is 3.22. The maximum Gasteiger partial charge on any atom is 0.119 e. The maximum atomic E-state index is 9.88. The Kier molecular flexibility index (Phi) is 5.42. The molecule has 0 aliphatic carbocycles. The number of benzene rings is 1. The highest BCUT2D eigenvalue weighted by atomic mass is 32.1. The minimum Gasteiger partial charge on any atom is -0.491 e. The predicted octanol–water partition coefficient (Wildman–Crippen LogP) is 2.89. The summed E-state index contributed by atoms with van der Waals surface area (Å²) < 4.78 is 13.0. The Morgan fingerprint density at radius 2 is 2.04 bits per heavy atom. The van der Waals surface area contributed by atoms with E-state index in [-0.39, 0.29) is 13.2 Å². The van der Waals surface area contributed by atoms with Crippen molar-refractivity contribution < 1.29 is 14.6 Å². The summed E-state index contributed by atoms with van der Waals surface area (Å²) >= 11 is 1.64. The fourth-order valence-electron chi connectivity index (χ4n) is 2.06. The molecule has 2 heterocycles. The van der Waals surface area contributed by atoms with Crippen LogP contribution in [0.5, 0.6) is 5.75 Å². The lowest BCUT2D eigenvalue weighted by molar-refractivity contribution is 0.00625. The summed E-state index contributed by atoms with van der Waals surface area (Å²) in [4.78, 5) is 5.16. The van der Waals surface area contributed by atoms with Gasteiger partial charge in [-0.2, -0.15) is 0 Å². The van der Waals surface area contributed by atoms with Gasteiger partial charge in [0.25, 0.3) is 0 Å². The first-order valence-corrected chi connectivity index (χ1v) is 8.18. The first-order chi connectivity index (χ1) is 11.3. The van der Waals surface area contributed by atoms with E-state index in [1.165, 1.54) is 0 Å². The Hall–Kier alpha value is -2.15. The van der Waals surface area contributed by atoms with Gasteiger partial charge in [-0.15, -0.1) is 11.3 Å². The van der Waals surface area contributed by atoms with Gasteiger partial charge in [-0.1, -0.05) is 6.07 Å². The van der Waals surface area contributed by atoms with E-state index >= 15 is 0 Å². The molecule has 0 bridgehead atoms. The number of aliphatic hydroxyl groups excluding tert-OH is 1. The van der Waals surface area contributed by atoms with E-state index in [0.717, 1.165) is 10.6 Å². The van der Waals surface area contributed by atoms with E-state index in [9.17, 15) is 5.11 Å². The second-order valence-electron chi connectivity index (χ2n) is 5.02. The minimum absolute atomic E-state index is 0.203. The average molecular weight is 330 g/mol. The van der Waals surface area contributed by atoms with Crippen LogP contribution in [-0.2, 0) is 11.3 Å². The van der Waals surface area contributed by atoms with Crippen LogP contribution in [0.15, 0.2) is 60.5 Å². The number of imidazole rings is 1. The zero-order valence-electron chi connectivity index (χ0n) is 12.5. The van der Waals surface area contributed by atoms with Crippen LogP contribution in [0.3, 0.4) is 0 Å². The molecule has 5 nitrogen and oxygen atoms in total. The largest absolute Gasteiger partial charge is 0.491 e. The van der Waals surface area contributed by atoms with Crippen molar-refractivity contribution in [3.63, 3.8) is 0 Å². The Morgan fingerprint density at radius 1 is 1.17 bits per heavy atom. The van der Waals surface area contributed by atoms with Crippen LogP contribution in [-0.4, -0.2) is 34.0 Å². The fraction of sp³-hybridized carbons (Fsp3) is 0.235. The predicted molar refractivity (Wildman–Crippen MR) is 89.0 cm³/mol. The molecule has 1 atom stereocenters. The van der Waals surface area contributed by atoms with Crippen molar-refractivity contribution in [3.8, 4) is 11.4 Å². The molecule has 0 radical (unpaired) electrons. The molecule has 120 valence electrons.